The van der Waals surface area contributed by atoms with Crippen LogP contribution in [0.5, 0.6) is 11.5 Å². The number of benzene rings is 1. The average Bonchev–Trinajstić information content (AvgIpc) is 2.25. The summed E-state index contributed by atoms with van der Waals surface area (Å²) >= 11 is 0. The van der Waals surface area contributed by atoms with E-state index in [1.807, 2.05) is 0 Å². The zero-order valence-corrected chi connectivity index (χ0v) is 9.95. The Balaban J connectivity index is 3.09. The number of hydrogen-bond donors (Lipinski definition) is 2. The van der Waals surface area contributed by atoms with E-state index in [9.17, 15) is 14.3 Å². The fraction of sp³-hybridized carbons (Fsp3) is 0.417. The normalized spacial score (nSPS) is 11.3. The predicted octanol–water partition coefficient (Wildman–Crippen LogP) is 2.19. The van der Waals surface area contributed by atoms with Gasteiger partial charge in [-0.3, -0.25) is 4.79 Å². The number of hydrogen-bond acceptors (Lipinski definition) is 3. The summed E-state index contributed by atoms with van der Waals surface area (Å²) in [5.41, 5.74) is -0.825. The Bertz CT molecular complexity index is 440. The lowest BCUT2D eigenvalue weighted by atomic mass is 9.85. The van der Waals surface area contributed by atoms with Crippen molar-refractivity contribution in [3.05, 3.63) is 23.5 Å². The molecule has 0 aliphatic rings. The van der Waals surface area contributed by atoms with Gasteiger partial charge in [0.25, 0.3) is 0 Å². The molecule has 0 unspecified atom stereocenters. The molecule has 0 saturated heterocycles. The molecule has 5 heteroatoms. The quantitative estimate of drug-likeness (QED) is 0.849. The molecular weight excluding hydrogens is 227 g/mol. The van der Waals surface area contributed by atoms with Gasteiger partial charge in [0.15, 0.2) is 11.5 Å². The minimum absolute atomic E-state index is 0.0368. The largest absolute Gasteiger partial charge is 0.505 e. The lowest BCUT2D eigenvalue weighted by molar-refractivity contribution is -0.146. The van der Waals surface area contributed by atoms with Crippen LogP contribution in [0.1, 0.15) is 19.4 Å². The molecule has 0 atom stereocenters. The van der Waals surface area contributed by atoms with Crippen LogP contribution in [0.25, 0.3) is 0 Å². The van der Waals surface area contributed by atoms with E-state index in [-0.39, 0.29) is 17.7 Å². The van der Waals surface area contributed by atoms with Crippen molar-refractivity contribution >= 4 is 5.97 Å². The summed E-state index contributed by atoms with van der Waals surface area (Å²) in [6.07, 6.45) is 0.0368. The van der Waals surface area contributed by atoms with Crippen LogP contribution in [0.4, 0.5) is 4.39 Å². The van der Waals surface area contributed by atoms with Gasteiger partial charge >= 0.3 is 5.97 Å². The summed E-state index contributed by atoms with van der Waals surface area (Å²) < 4.78 is 18.2. The first-order chi connectivity index (χ1) is 7.79. The molecule has 1 aromatic rings. The van der Waals surface area contributed by atoms with E-state index in [1.54, 1.807) is 0 Å². The number of aliphatic carboxylic acids is 1. The molecule has 0 fully saturated rings. The summed E-state index contributed by atoms with van der Waals surface area (Å²) in [6.45, 7) is 3.02. The smallest absolute Gasteiger partial charge is 0.309 e. The third-order valence-electron chi connectivity index (χ3n) is 2.60. The number of phenolic OH excluding ortho intramolecular Hbond substituents is 1. The number of methoxy groups -OCH3 is 1. The van der Waals surface area contributed by atoms with Gasteiger partial charge in [-0.05, 0) is 31.9 Å². The third kappa shape index (κ3) is 2.67. The van der Waals surface area contributed by atoms with Crippen LogP contribution < -0.4 is 4.74 Å². The molecule has 0 saturated carbocycles. The topological polar surface area (TPSA) is 66.8 Å². The number of carbonyl (C=O) groups is 1. The van der Waals surface area contributed by atoms with Crippen LogP contribution in [-0.4, -0.2) is 23.3 Å². The van der Waals surface area contributed by atoms with Crippen molar-refractivity contribution in [2.45, 2.75) is 20.3 Å². The molecular formula is C12H15FO4. The van der Waals surface area contributed by atoms with Crippen molar-refractivity contribution in [1.29, 1.82) is 0 Å². The zero-order valence-electron chi connectivity index (χ0n) is 9.95. The molecule has 0 spiro atoms. The Morgan fingerprint density at radius 2 is 2.06 bits per heavy atom. The maximum Gasteiger partial charge on any atom is 0.309 e. The van der Waals surface area contributed by atoms with E-state index < -0.39 is 23.0 Å². The summed E-state index contributed by atoms with van der Waals surface area (Å²) in [4.78, 5) is 10.9. The fourth-order valence-corrected chi connectivity index (χ4v) is 1.44. The number of ether oxygens (including phenoxy) is 1. The molecule has 17 heavy (non-hydrogen) atoms. The number of halogens is 1. The summed E-state index contributed by atoms with van der Waals surface area (Å²) in [5.74, 6) is -2.50. The van der Waals surface area contributed by atoms with Crippen molar-refractivity contribution in [1.82, 2.24) is 0 Å². The van der Waals surface area contributed by atoms with Gasteiger partial charge in [-0.2, -0.15) is 4.39 Å². The van der Waals surface area contributed by atoms with Crippen LogP contribution in [0.3, 0.4) is 0 Å². The Morgan fingerprint density at radius 1 is 1.47 bits per heavy atom. The molecule has 2 N–H and O–H groups in total. The van der Waals surface area contributed by atoms with Gasteiger partial charge < -0.3 is 14.9 Å². The zero-order chi connectivity index (χ0) is 13.2. The predicted molar refractivity (Wildman–Crippen MR) is 59.7 cm³/mol. The Morgan fingerprint density at radius 3 is 2.53 bits per heavy atom. The van der Waals surface area contributed by atoms with Gasteiger partial charge in [-0.1, -0.05) is 6.07 Å². The van der Waals surface area contributed by atoms with Crippen molar-refractivity contribution < 1.29 is 24.1 Å². The molecule has 0 bridgehead atoms. The second kappa shape index (κ2) is 4.61. The highest BCUT2D eigenvalue weighted by Crippen LogP contribution is 2.33. The second-order valence-corrected chi connectivity index (χ2v) is 4.46. The molecule has 1 aromatic carbocycles. The van der Waals surface area contributed by atoms with Crippen molar-refractivity contribution in [3.63, 3.8) is 0 Å². The van der Waals surface area contributed by atoms with Crippen LogP contribution in [-0.2, 0) is 11.2 Å². The minimum atomic E-state index is -1.07. The lowest BCUT2D eigenvalue weighted by Crippen LogP contribution is -2.26. The van der Waals surface area contributed by atoms with Crippen LogP contribution in [0.2, 0.25) is 0 Å². The Kier molecular flexibility index (Phi) is 3.60. The number of rotatable bonds is 4. The van der Waals surface area contributed by atoms with Crippen molar-refractivity contribution in [2.24, 2.45) is 5.41 Å². The van der Waals surface area contributed by atoms with Crippen molar-refractivity contribution in [3.8, 4) is 11.5 Å². The van der Waals surface area contributed by atoms with Gasteiger partial charge in [-0.15, -0.1) is 0 Å². The molecule has 0 amide bonds. The molecule has 0 radical (unpaired) electrons. The minimum Gasteiger partial charge on any atom is -0.505 e. The highest BCUT2D eigenvalue weighted by atomic mass is 19.1. The molecule has 0 aromatic heterocycles. The van der Waals surface area contributed by atoms with E-state index in [0.717, 1.165) is 0 Å². The van der Waals surface area contributed by atoms with Crippen LogP contribution in [0, 0.1) is 11.2 Å². The van der Waals surface area contributed by atoms with Gasteiger partial charge in [0.05, 0.1) is 12.5 Å². The first-order valence-electron chi connectivity index (χ1n) is 5.07. The number of phenols is 1. The van der Waals surface area contributed by atoms with Gasteiger partial charge in [0.1, 0.15) is 0 Å². The van der Waals surface area contributed by atoms with Crippen molar-refractivity contribution in [2.75, 3.05) is 7.11 Å². The van der Waals surface area contributed by atoms with E-state index in [1.165, 1.54) is 33.1 Å². The number of aromatic hydroxyl groups is 1. The summed E-state index contributed by atoms with van der Waals surface area (Å²) in [7, 11) is 1.29. The summed E-state index contributed by atoms with van der Waals surface area (Å²) in [5, 5.41) is 18.6. The Labute approximate surface area is 98.7 Å². The van der Waals surface area contributed by atoms with E-state index in [2.05, 4.69) is 0 Å². The second-order valence-electron chi connectivity index (χ2n) is 4.46. The number of carboxylic acids is 1. The van der Waals surface area contributed by atoms with Gasteiger partial charge in [0.2, 0.25) is 5.82 Å². The SMILES string of the molecule is COc1ccc(CC(C)(C)C(=O)O)c(O)c1F. The molecule has 1 rings (SSSR count). The molecule has 0 aliphatic heterocycles. The maximum atomic E-state index is 13.5. The first kappa shape index (κ1) is 13.3. The highest BCUT2D eigenvalue weighted by molar-refractivity contribution is 5.74. The Hall–Kier alpha value is -1.78. The average molecular weight is 242 g/mol. The fourth-order valence-electron chi connectivity index (χ4n) is 1.44. The first-order valence-corrected chi connectivity index (χ1v) is 5.07. The standard InChI is InChI=1S/C12H15FO4/c1-12(2,11(15)16)6-7-4-5-8(17-3)9(13)10(7)14/h4-5,14H,6H2,1-3H3,(H,15,16). The van der Waals surface area contributed by atoms with Gasteiger partial charge in [0, 0.05) is 0 Å². The molecule has 0 aliphatic carbocycles. The highest BCUT2D eigenvalue weighted by Gasteiger charge is 2.29. The molecule has 4 nitrogen and oxygen atoms in total. The maximum absolute atomic E-state index is 13.5. The van der Waals surface area contributed by atoms with E-state index in [4.69, 9.17) is 9.84 Å². The molecule has 0 heterocycles. The third-order valence-corrected chi connectivity index (χ3v) is 2.60. The van der Waals surface area contributed by atoms with Crippen LogP contribution in [0.15, 0.2) is 12.1 Å². The lowest BCUT2D eigenvalue weighted by Gasteiger charge is -2.20. The molecule has 94 valence electrons. The van der Waals surface area contributed by atoms with Crippen LogP contribution >= 0.6 is 0 Å². The monoisotopic (exact) mass is 242 g/mol. The van der Waals surface area contributed by atoms with Gasteiger partial charge in [-0.25, -0.2) is 0 Å². The van der Waals surface area contributed by atoms with E-state index >= 15 is 0 Å². The van der Waals surface area contributed by atoms with E-state index in [0.29, 0.717) is 0 Å². The summed E-state index contributed by atoms with van der Waals surface area (Å²) in [6, 6.07) is 2.82. The number of carboxylic acid groups (broad SMARTS) is 1.